The number of halogens is 2. The highest BCUT2D eigenvalue weighted by Gasteiger charge is 2.16. The van der Waals surface area contributed by atoms with Crippen LogP contribution in [-0.4, -0.2) is 11.6 Å². The number of hydrogen-bond donors (Lipinski definition) is 0. The highest BCUT2D eigenvalue weighted by molar-refractivity contribution is 6.08. The summed E-state index contributed by atoms with van der Waals surface area (Å²) >= 11 is 0. The van der Waals surface area contributed by atoms with E-state index >= 15 is 0 Å². The Bertz CT molecular complexity index is 470. The van der Waals surface area contributed by atoms with Crippen LogP contribution in [0.4, 0.5) is 8.78 Å². The van der Waals surface area contributed by atoms with E-state index in [1.807, 2.05) is 0 Å². The molecule has 0 N–H and O–H groups in total. The van der Waals surface area contributed by atoms with E-state index < -0.39 is 17.4 Å². The minimum atomic E-state index is -0.785. The summed E-state index contributed by atoms with van der Waals surface area (Å²) in [6.07, 6.45) is 5.03. The van der Waals surface area contributed by atoms with Crippen molar-refractivity contribution in [1.82, 2.24) is 0 Å². The van der Waals surface area contributed by atoms with Crippen molar-refractivity contribution in [3.05, 3.63) is 35.4 Å². The molecule has 20 heavy (non-hydrogen) atoms. The van der Waals surface area contributed by atoms with Gasteiger partial charge in [-0.1, -0.05) is 32.6 Å². The topological polar surface area (TPSA) is 34.1 Å². The second-order valence-electron chi connectivity index (χ2n) is 4.93. The zero-order valence-corrected chi connectivity index (χ0v) is 11.8. The Morgan fingerprint density at radius 1 is 1.05 bits per heavy atom. The third kappa shape index (κ3) is 5.59. The molecule has 4 heteroatoms. The lowest BCUT2D eigenvalue weighted by Gasteiger charge is -2.03. The zero-order valence-electron chi connectivity index (χ0n) is 11.8. The number of benzene rings is 1. The smallest absolute Gasteiger partial charge is 0.173 e. The number of Topliss-reactive ketones (excluding diaryl/α,β-unsaturated/α-hetero) is 2. The van der Waals surface area contributed by atoms with Crippen LogP contribution >= 0.6 is 0 Å². The molecule has 0 spiro atoms. The first-order chi connectivity index (χ1) is 9.54. The normalized spacial score (nSPS) is 10.6. The van der Waals surface area contributed by atoms with Crippen molar-refractivity contribution >= 4 is 11.6 Å². The summed E-state index contributed by atoms with van der Waals surface area (Å²) in [5.41, 5.74) is -0.343. The molecule has 1 aromatic rings. The molecule has 0 saturated carbocycles. The monoisotopic (exact) mass is 282 g/mol. The fourth-order valence-corrected chi connectivity index (χ4v) is 2.00. The molecule has 0 aliphatic heterocycles. The van der Waals surface area contributed by atoms with E-state index in [1.54, 1.807) is 0 Å². The van der Waals surface area contributed by atoms with Crippen LogP contribution in [0.2, 0.25) is 0 Å². The lowest BCUT2D eigenvalue weighted by atomic mass is 10.0. The Morgan fingerprint density at radius 3 is 2.45 bits per heavy atom. The maximum atomic E-state index is 13.4. The quantitative estimate of drug-likeness (QED) is 0.380. The second kappa shape index (κ2) is 8.56. The van der Waals surface area contributed by atoms with Crippen LogP contribution in [0.1, 0.15) is 62.2 Å². The minimum Gasteiger partial charge on any atom is -0.299 e. The molecule has 0 aliphatic carbocycles. The third-order valence-electron chi connectivity index (χ3n) is 3.15. The lowest BCUT2D eigenvalue weighted by Crippen LogP contribution is -2.10. The van der Waals surface area contributed by atoms with E-state index in [2.05, 4.69) is 6.92 Å². The first-order valence-electron chi connectivity index (χ1n) is 7.04. The molecule has 0 unspecified atom stereocenters. The van der Waals surface area contributed by atoms with Crippen LogP contribution in [0.25, 0.3) is 0 Å². The standard InChI is InChI=1S/C16H20F2O2/c1-2-3-4-5-6-7-13(19)11-16(20)14-10-12(17)8-9-15(14)18/h8-10H,2-7,11H2,1H3. The summed E-state index contributed by atoms with van der Waals surface area (Å²) in [5, 5.41) is 0. The van der Waals surface area contributed by atoms with Crippen molar-refractivity contribution in [1.29, 1.82) is 0 Å². The maximum absolute atomic E-state index is 13.4. The van der Waals surface area contributed by atoms with E-state index in [0.717, 1.165) is 50.3 Å². The van der Waals surface area contributed by atoms with Gasteiger partial charge in [0.15, 0.2) is 5.78 Å². The molecule has 0 saturated heterocycles. The summed E-state index contributed by atoms with van der Waals surface area (Å²) < 4.78 is 26.3. The van der Waals surface area contributed by atoms with Gasteiger partial charge >= 0.3 is 0 Å². The Morgan fingerprint density at radius 2 is 1.75 bits per heavy atom. The molecule has 0 atom stereocenters. The molecule has 0 radical (unpaired) electrons. The SMILES string of the molecule is CCCCCCCC(=O)CC(=O)c1cc(F)ccc1F. The van der Waals surface area contributed by atoms with Crippen molar-refractivity contribution < 1.29 is 18.4 Å². The molecule has 110 valence electrons. The van der Waals surface area contributed by atoms with Gasteiger partial charge in [-0.15, -0.1) is 0 Å². The molecular weight excluding hydrogens is 262 g/mol. The molecule has 0 fully saturated rings. The predicted molar refractivity (Wildman–Crippen MR) is 73.7 cm³/mol. The van der Waals surface area contributed by atoms with Gasteiger partial charge in [0.1, 0.15) is 17.4 Å². The molecule has 0 heterocycles. The lowest BCUT2D eigenvalue weighted by molar-refractivity contribution is -0.118. The van der Waals surface area contributed by atoms with Crippen LogP contribution < -0.4 is 0 Å². The van der Waals surface area contributed by atoms with Gasteiger partial charge in [0.05, 0.1) is 12.0 Å². The number of ketones is 2. The highest BCUT2D eigenvalue weighted by atomic mass is 19.1. The average molecular weight is 282 g/mol. The number of carbonyl (C=O) groups is 2. The number of carbonyl (C=O) groups excluding carboxylic acids is 2. The van der Waals surface area contributed by atoms with E-state index in [1.165, 1.54) is 0 Å². The predicted octanol–water partition coefficient (Wildman–Crippen LogP) is 4.47. The summed E-state index contributed by atoms with van der Waals surface area (Å²) in [4.78, 5) is 23.4. The van der Waals surface area contributed by atoms with Crippen molar-refractivity contribution in [3.63, 3.8) is 0 Å². The largest absolute Gasteiger partial charge is 0.299 e. The van der Waals surface area contributed by atoms with Crippen molar-refractivity contribution in [3.8, 4) is 0 Å². The molecule has 0 amide bonds. The van der Waals surface area contributed by atoms with E-state index in [4.69, 9.17) is 0 Å². The summed E-state index contributed by atoms with van der Waals surface area (Å²) in [5.74, 6) is -2.33. The Kier molecular flexibility index (Phi) is 7.05. The van der Waals surface area contributed by atoms with Gasteiger partial charge in [0.2, 0.25) is 0 Å². The van der Waals surface area contributed by atoms with Crippen molar-refractivity contribution in [2.75, 3.05) is 0 Å². The molecule has 1 aromatic carbocycles. The summed E-state index contributed by atoms with van der Waals surface area (Å²) in [7, 11) is 0. The number of rotatable bonds is 9. The molecule has 0 bridgehead atoms. The van der Waals surface area contributed by atoms with Crippen LogP contribution in [0.15, 0.2) is 18.2 Å². The van der Waals surface area contributed by atoms with Gasteiger partial charge in [-0.05, 0) is 24.6 Å². The third-order valence-corrected chi connectivity index (χ3v) is 3.15. The first-order valence-corrected chi connectivity index (χ1v) is 7.04. The maximum Gasteiger partial charge on any atom is 0.173 e. The van der Waals surface area contributed by atoms with Gasteiger partial charge < -0.3 is 0 Å². The molecule has 0 aromatic heterocycles. The van der Waals surface area contributed by atoms with Crippen LogP contribution in [0, 0.1) is 11.6 Å². The Labute approximate surface area is 118 Å². The zero-order chi connectivity index (χ0) is 15.0. The first kappa shape index (κ1) is 16.5. The molecule has 0 aliphatic rings. The fourth-order valence-electron chi connectivity index (χ4n) is 2.00. The van der Waals surface area contributed by atoms with Gasteiger partial charge in [-0.25, -0.2) is 8.78 Å². The van der Waals surface area contributed by atoms with Crippen LogP contribution in [0.3, 0.4) is 0 Å². The van der Waals surface area contributed by atoms with Gasteiger partial charge in [0.25, 0.3) is 0 Å². The Hall–Kier alpha value is -1.58. The number of hydrogen-bond acceptors (Lipinski definition) is 2. The summed E-state index contributed by atoms with van der Waals surface area (Å²) in [6, 6.07) is 2.69. The van der Waals surface area contributed by atoms with Crippen molar-refractivity contribution in [2.45, 2.75) is 51.9 Å². The van der Waals surface area contributed by atoms with Crippen LogP contribution in [-0.2, 0) is 4.79 Å². The van der Waals surface area contributed by atoms with Gasteiger partial charge in [-0.3, -0.25) is 9.59 Å². The van der Waals surface area contributed by atoms with Crippen molar-refractivity contribution in [2.24, 2.45) is 0 Å². The van der Waals surface area contributed by atoms with Gasteiger partial charge in [0, 0.05) is 6.42 Å². The van der Waals surface area contributed by atoms with Crippen LogP contribution in [0.5, 0.6) is 0 Å². The highest BCUT2D eigenvalue weighted by Crippen LogP contribution is 2.13. The Balaban J connectivity index is 2.41. The molecule has 2 nitrogen and oxygen atoms in total. The molecular formula is C16H20F2O2. The fraction of sp³-hybridized carbons (Fsp3) is 0.500. The van der Waals surface area contributed by atoms with Gasteiger partial charge in [-0.2, -0.15) is 0 Å². The molecule has 1 rings (SSSR count). The van der Waals surface area contributed by atoms with E-state index in [0.29, 0.717) is 6.42 Å². The number of unbranched alkanes of at least 4 members (excludes halogenated alkanes) is 4. The van der Waals surface area contributed by atoms with E-state index in [9.17, 15) is 18.4 Å². The minimum absolute atomic E-state index is 0.213. The van der Waals surface area contributed by atoms with E-state index in [-0.39, 0.29) is 17.8 Å². The summed E-state index contributed by atoms with van der Waals surface area (Å²) in [6.45, 7) is 2.11. The second-order valence-corrected chi connectivity index (χ2v) is 4.93. The average Bonchev–Trinajstić information content (AvgIpc) is 2.41.